The zero-order chi connectivity index (χ0) is 17.5. The first-order valence-corrected chi connectivity index (χ1v) is 8.05. The monoisotopic (exact) mass is 328 g/mol. The highest BCUT2D eigenvalue weighted by Gasteiger charge is 2.23. The molecule has 0 bridgehead atoms. The van der Waals surface area contributed by atoms with E-state index in [-0.39, 0.29) is 17.7 Å². The van der Waals surface area contributed by atoms with E-state index in [9.17, 15) is 9.59 Å². The lowest BCUT2D eigenvalue weighted by Gasteiger charge is -2.19. The second-order valence-corrected chi connectivity index (χ2v) is 6.18. The molecule has 1 aromatic carbocycles. The van der Waals surface area contributed by atoms with Crippen LogP contribution in [0.4, 0.5) is 0 Å². The van der Waals surface area contributed by atoms with Gasteiger partial charge in [0.15, 0.2) is 0 Å². The third-order valence-corrected chi connectivity index (χ3v) is 3.64. The summed E-state index contributed by atoms with van der Waals surface area (Å²) in [7, 11) is 1.87. The van der Waals surface area contributed by atoms with Crippen LogP contribution in [-0.4, -0.2) is 21.4 Å². The molecule has 2 aromatic rings. The molecule has 6 nitrogen and oxygen atoms in total. The SMILES string of the molecule is CC(C)CC(=O)NC(C(=O)NCc1nccn1C)c1ccccc1. The normalized spacial score (nSPS) is 12.0. The Balaban J connectivity index is 2.08. The maximum atomic E-state index is 12.6. The molecule has 2 amide bonds. The lowest BCUT2D eigenvalue weighted by Crippen LogP contribution is -2.40. The van der Waals surface area contributed by atoms with E-state index in [1.807, 2.05) is 62.0 Å². The number of amides is 2. The zero-order valence-electron chi connectivity index (χ0n) is 14.3. The van der Waals surface area contributed by atoms with Crippen molar-refractivity contribution < 1.29 is 9.59 Å². The van der Waals surface area contributed by atoms with Gasteiger partial charge in [-0.05, 0) is 11.5 Å². The van der Waals surface area contributed by atoms with Gasteiger partial charge in [-0.2, -0.15) is 0 Å². The fourth-order valence-corrected chi connectivity index (χ4v) is 2.37. The van der Waals surface area contributed by atoms with Gasteiger partial charge in [0, 0.05) is 25.9 Å². The van der Waals surface area contributed by atoms with Crippen LogP contribution in [0.15, 0.2) is 42.7 Å². The summed E-state index contributed by atoms with van der Waals surface area (Å²) in [5.41, 5.74) is 0.756. The summed E-state index contributed by atoms with van der Waals surface area (Å²) in [5, 5.41) is 5.68. The van der Waals surface area contributed by atoms with E-state index in [0.717, 1.165) is 11.4 Å². The predicted octanol–water partition coefficient (Wildman–Crippen LogP) is 1.94. The third-order valence-electron chi connectivity index (χ3n) is 3.64. The molecule has 0 aliphatic rings. The lowest BCUT2D eigenvalue weighted by molar-refractivity contribution is -0.129. The Morgan fingerprint density at radius 1 is 1.21 bits per heavy atom. The first-order valence-electron chi connectivity index (χ1n) is 8.05. The van der Waals surface area contributed by atoms with Crippen molar-refractivity contribution in [2.24, 2.45) is 13.0 Å². The van der Waals surface area contributed by atoms with Gasteiger partial charge in [-0.25, -0.2) is 4.98 Å². The van der Waals surface area contributed by atoms with E-state index in [1.54, 1.807) is 6.20 Å². The molecule has 6 heteroatoms. The number of nitrogens with zero attached hydrogens (tertiary/aromatic N) is 2. The van der Waals surface area contributed by atoms with E-state index in [0.29, 0.717) is 13.0 Å². The average Bonchev–Trinajstić information content (AvgIpc) is 2.95. The van der Waals surface area contributed by atoms with Crippen LogP contribution >= 0.6 is 0 Å². The molecular formula is C18H24N4O2. The fraction of sp³-hybridized carbons (Fsp3) is 0.389. The smallest absolute Gasteiger partial charge is 0.247 e. The Hall–Kier alpha value is -2.63. The Kier molecular flexibility index (Phi) is 6.12. The summed E-state index contributed by atoms with van der Waals surface area (Å²) in [4.78, 5) is 28.9. The van der Waals surface area contributed by atoms with Crippen LogP contribution in [0.1, 0.15) is 37.7 Å². The van der Waals surface area contributed by atoms with Crippen molar-refractivity contribution in [1.82, 2.24) is 20.2 Å². The molecule has 1 atom stereocenters. The van der Waals surface area contributed by atoms with Crippen LogP contribution in [0.25, 0.3) is 0 Å². The van der Waals surface area contributed by atoms with E-state index < -0.39 is 6.04 Å². The summed E-state index contributed by atoms with van der Waals surface area (Å²) in [5.74, 6) is 0.605. The summed E-state index contributed by atoms with van der Waals surface area (Å²) >= 11 is 0. The second kappa shape index (κ2) is 8.29. The molecule has 1 aromatic heterocycles. The molecule has 0 aliphatic heterocycles. The number of imidazole rings is 1. The maximum absolute atomic E-state index is 12.6. The van der Waals surface area contributed by atoms with Crippen molar-refractivity contribution >= 4 is 11.8 Å². The van der Waals surface area contributed by atoms with E-state index >= 15 is 0 Å². The predicted molar refractivity (Wildman–Crippen MR) is 91.8 cm³/mol. The average molecular weight is 328 g/mol. The number of aromatic nitrogens is 2. The largest absolute Gasteiger partial charge is 0.347 e. The van der Waals surface area contributed by atoms with Gasteiger partial charge in [-0.3, -0.25) is 9.59 Å². The minimum atomic E-state index is -0.710. The van der Waals surface area contributed by atoms with Gasteiger partial charge in [0.2, 0.25) is 11.8 Å². The van der Waals surface area contributed by atoms with Crippen LogP contribution in [0.2, 0.25) is 0 Å². The van der Waals surface area contributed by atoms with Gasteiger partial charge in [-0.1, -0.05) is 44.2 Å². The molecule has 0 fully saturated rings. The highest BCUT2D eigenvalue weighted by Crippen LogP contribution is 2.14. The van der Waals surface area contributed by atoms with Crippen molar-refractivity contribution in [1.29, 1.82) is 0 Å². The first kappa shape index (κ1) is 17.7. The van der Waals surface area contributed by atoms with Gasteiger partial charge in [0.05, 0.1) is 6.54 Å². The van der Waals surface area contributed by atoms with Crippen LogP contribution in [0.5, 0.6) is 0 Å². The molecule has 2 N–H and O–H groups in total. The molecule has 1 unspecified atom stereocenters. The fourth-order valence-electron chi connectivity index (χ4n) is 2.37. The van der Waals surface area contributed by atoms with Crippen molar-refractivity contribution in [2.45, 2.75) is 32.9 Å². The van der Waals surface area contributed by atoms with Crippen LogP contribution in [0, 0.1) is 5.92 Å². The molecule has 0 spiro atoms. The number of rotatable bonds is 7. The van der Waals surface area contributed by atoms with Gasteiger partial charge >= 0.3 is 0 Å². The summed E-state index contributed by atoms with van der Waals surface area (Å²) in [6, 6.07) is 8.54. The number of nitrogens with one attached hydrogen (secondary N) is 2. The molecule has 128 valence electrons. The Morgan fingerprint density at radius 2 is 1.92 bits per heavy atom. The maximum Gasteiger partial charge on any atom is 0.247 e. The number of hydrogen-bond acceptors (Lipinski definition) is 3. The standard InChI is InChI=1S/C18H24N4O2/c1-13(2)11-16(23)21-17(14-7-5-4-6-8-14)18(24)20-12-15-19-9-10-22(15)3/h4-10,13,17H,11-12H2,1-3H3,(H,20,24)(H,21,23). The summed E-state index contributed by atoms with van der Waals surface area (Å²) in [6.07, 6.45) is 3.89. The van der Waals surface area contributed by atoms with Crippen molar-refractivity contribution in [3.05, 3.63) is 54.1 Å². The molecule has 0 saturated carbocycles. The first-order chi connectivity index (χ1) is 11.5. The molecule has 2 rings (SSSR count). The number of carbonyl (C=O) groups is 2. The van der Waals surface area contributed by atoms with Crippen LogP contribution < -0.4 is 10.6 Å². The van der Waals surface area contributed by atoms with Crippen molar-refractivity contribution in [3.8, 4) is 0 Å². The van der Waals surface area contributed by atoms with Crippen molar-refractivity contribution in [3.63, 3.8) is 0 Å². The number of benzene rings is 1. The minimum absolute atomic E-state index is 0.133. The number of hydrogen-bond donors (Lipinski definition) is 2. The van der Waals surface area contributed by atoms with Crippen LogP contribution in [0.3, 0.4) is 0 Å². The quantitative estimate of drug-likeness (QED) is 0.815. The Bertz CT molecular complexity index is 679. The molecule has 0 saturated heterocycles. The van der Waals surface area contributed by atoms with E-state index in [4.69, 9.17) is 0 Å². The zero-order valence-corrected chi connectivity index (χ0v) is 14.3. The van der Waals surface area contributed by atoms with E-state index in [2.05, 4.69) is 15.6 Å². The Morgan fingerprint density at radius 3 is 2.50 bits per heavy atom. The summed E-state index contributed by atoms with van der Waals surface area (Å²) in [6.45, 7) is 4.25. The Labute approximate surface area is 142 Å². The van der Waals surface area contributed by atoms with Crippen LogP contribution in [-0.2, 0) is 23.2 Å². The highest BCUT2D eigenvalue weighted by atomic mass is 16.2. The minimum Gasteiger partial charge on any atom is -0.347 e. The number of carbonyl (C=O) groups excluding carboxylic acids is 2. The topological polar surface area (TPSA) is 76.0 Å². The lowest BCUT2D eigenvalue weighted by atomic mass is 10.0. The third kappa shape index (κ3) is 4.94. The number of aryl methyl sites for hydroxylation is 1. The molecule has 24 heavy (non-hydrogen) atoms. The van der Waals surface area contributed by atoms with Gasteiger partial charge in [0.1, 0.15) is 11.9 Å². The molecular weight excluding hydrogens is 304 g/mol. The van der Waals surface area contributed by atoms with Gasteiger partial charge < -0.3 is 15.2 Å². The van der Waals surface area contributed by atoms with Crippen molar-refractivity contribution in [2.75, 3.05) is 0 Å². The molecule has 0 radical (unpaired) electrons. The van der Waals surface area contributed by atoms with Gasteiger partial charge in [-0.15, -0.1) is 0 Å². The molecule has 1 heterocycles. The molecule has 0 aliphatic carbocycles. The van der Waals surface area contributed by atoms with E-state index in [1.165, 1.54) is 0 Å². The van der Waals surface area contributed by atoms with Gasteiger partial charge in [0.25, 0.3) is 0 Å². The summed E-state index contributed by atoms with van der Waals surface area (Å²) < 4.78 is 1.84. The highest BCUT2D eigenvalue weighted by molar-refractivity contribution is 5.88. The second-order valence-electron chi connectivity index (χ2n) is 6.18.